The van der Waals surface area contributed by atoms with Crippen LogP contribution in [0.25, 0.3) is 0 Å². The van der Waals surface area contributed by atoms with Crippen molar-refractivity contribution in [2.75, 3.05) is 13.1 Å². The summed E-state index contributed by atoms with van der Waals surface area (Å²) in [6.07, 6.45) is 2.17. The first-order chi connectivity index (χ1) is 8.08. The molecule has 0 N–H and O–H groups in total. The summed E-state index contributed by atoms with van der Waals surface area (Å²) in [5.74, 6) is -0.0662. The van der Waals surface area contributed by atoms with Gasteiger partial charge in [0.2, 0.25) is 0 Å². The van der Waals surface area contributed by atoms with E-state index in [1.54, 1.807) is 17.0 Å². The molecule has 1 unspecified atom stereocenters. The number of aryl methyl sites for hydroxylation is 1. The second kappa shape index (κ2) is 4.86. The van der Waals surface area contributed by atoms with Crippen LogP contribution in [0.1, 0.15) is 35.7 Å². The zero-order chi connectivity index (χ0) is 12.4. The molecule has 0 aliphatic carbocycles. The molecule has 1 saturated heterocycles. The Bertz CT molecular complexity index is 430. The summed E-state index contributed by atoms with van der Waals surface area (Å²) in [6, 6.07) is 4.79. The summed E-state index contributed by atoms with van der Waals surface area (Å²) < 4.78 is 13.7. The van der Waals surface area contributed by atoms with Crippen molar-refractivity contribution in [2.24, 2.45) is 5.92 Å². The van der Waals surface area contributed by atoms with Gasteiger partial charge >= 0.3 is 0 Å². The summed E-state index contributed by atoms with van der Waals surface area (Å²) in [7, 11) is 0. The molecule has 1 aliphatic heterocycles. The smallest absolute Gasteiger partial charge is 0.256 e. The maximum atomic E-state index is 13.7. The van der Waals surface area contributed by atoms with E-state index in [2.05, 4.69) is 6.92 Å². The lowest BCUT2D eigenvalue weighted by Gasteiger charge is -2.31. The standard InChI is InChI=1S/C14H18FNO/c1-10-5-6-12(13(15)8-10)14(17)16-7-3-4-11(2)9-16/h5-6,8,11H,3-4,7,9H2,1-2H3. The highest BCUT2D eigenvalue weighted by molar-refractivity contribution is 5.94. The van der Waals surface area contributed by atoms with E-state index in [9.17, 15) is 9.18 Å². The molecule has 1 heterocycles. The summed E-state index contributed by atoms with van der Waals surface area (Å²) in [6.45, 7) is 5.44. The SMILES string of the molecule is Cc1ccc(C(=O)N2CCCC(C)C2)c(F)c1. The van der Waals surface area contributed by atoms with Crippen LogP contribution < -0.4 is 0 Å². The van der Waals surface area contributed by atoms with E-state index in [1.165, 1.54) is 6.07 Å². The van der Waals surface area contributed by atoms with Gasteiger partial charge in [0.1, 0.15) is 5.82 Å². The molecule has 1 fully saturated rings. The Morgan fingerprint density at radius 2 is 2.24 bits per heavy atom. The van der Waals surface area contributed by atoms with E-state index in [-0.39, 0.29) is 11.5 Å². The highest BCUT2D eigenvalue weighted by Crippen LogP contribution is 2.19. The fraction of sp³-hybridized carbons (Fsp3) is 0.500. The van der Waals surface area contributed by atoms with Crippen molar-refractivity contribution in [2.45, 2.75) is 26.7 Å². The number of amides is 1. The molecular formula is C14H18FNO. The number of hydrogen-bond acceptors (Lipinski definition) is 1. The predicted octanol–water partition coefficient (Wildman–Crippen LogP) is 3.01. The van der Waals surface area contributed by atoms with Gasteiger partial charge in [-0.1, -0.05) is 13.0 Å². The van der Waals surface area contributed by atoms with Gasteiger partial charge in [-0.15, -0.1) is 0 Å². The Morgan fingerprint density at radius 3 is 2.88 bits per heavy atom. The van der Waals surface area contributed by atoms with Crippen LogP contribution >= 0.6 is 0 Å². The topological polar surface area (TPSA) is 20.3 Å². The molecule has 3 heteroatoms. The van der Waals surface area contributed by atoms with Crippen LogP contribution in [-0.2, 0) is 0 Å². The molecule has 0 saturated carbocycles. The molecule has 2 nitrogen and oxygen atoms in total. The lowest BCUT2D eigenvalue weighted by Crippen LogP contribution is -2.39. The molecule has 1 aliphatic rings. The van der Waals surface area contributed by atoms with E-state index in [1.807, 2.05) is 6.92 Å². The second-order valence-electron chi connectivity index (χ2n) is 4.98. The van der Waals surface area contributed by atoms with Crippen molar-refractivity contribution in [3.05, 3.63) is 35.1 Å². The van der Waals surface area contributed by atoms with E-state index in [4.69, 9.17) is 0 Å². The minimum Gasteiger partial charge on any atom is -0.338 e. The number of halogens is 1. The van der Waals surface area contributed by atoms with Gasteiger partial charge < -0.3 is 4.90 Å². The predicted molar refractivity (Wildman–Crippen MR) is 65.4 cm³/mol. The van der Waals surface area contributed by atoms with Gasteiger partial charge in [-0.2, -0.15) is 0 Å². The van der Waals surface area contributed by atoms with E-state index in [0.29, 0.717) is 5.92 Å². The third-order valence-corrected chi connectivity index (χ3v) is 3.30. The van der Waals surface area contributed by atoms with Gasteiger partial charge in [0, 0.05) is 13.1 Å². The number of rotatable bonds is 1. The van der Waals surface area contributed by atoms with Crippen molar-refractivity contribution in [1.29, 1.82) is 0 Å². The molecular weight excluding hydrogens is 217 g/mol. The third kappa shape index (κ3) is 2.65. The first-order valence-electron chi connectivity index (χ1n) is 6.13. The van der Waals surface area contributed by atoms with Gasteiger partial charge in [0.25, 0.3) is 5.91 Å². The lowest BCUT2D eigenvalue weighted by molar-refractivity contribution is 0.0678. The number of carbonyl (C=O) groups excluding carboxylic acids is 1. The largest absolute Gasteiger partial charge is 0.338 e. The number of carbonyl (C=O) groups is 1. The fourth-order valence-electron chi connectivity index (χ4n) is 2.34. The zero-order valence-corrected chi connectivity index (χ0v) is 10.4. The minimum atomic E-state index is -0.409. The van der Waals surface area contributed by atoms with Gasteiger partial charge in [0.15, 0.2) is 0 Å². The van der Waals surface area contributed by atoms with Crippen LogP contribution in [0.3, 0.4) is 0 Å². The monoisotopic (exact) mass is 235 g/mol. The highest BCUT2D eigenvalue weighted by atomic mass is 19.1. The van der Waals surface area contributed by atoms with Gasteiger partial charge in [-0.3, -0.25) is 4.79 Å². The minimum absolute atomic E-state index is 0.172. The number of hydrogen-bond donors (Lipinski definition) is 0. The Kier molecular flexibility index (Phi) is 3.46. The maximum absolute atomic E-state index is 13.7. The molecule has 0 bridgehead atoms. The molecule has 0 aromatic heterocycles. The summed E-state index contributed by atoms with van der Waals surface area (Å²) in [5, 5.41) is 0. The average Bonchev–Trinajstić information content (AvgIpc) is 2.28. The van der Waals surface area contributed by atoms with E-state index >= 15 is 0 Å². The Hall–Kier alpha value is -1.38. The molecule has 0 spiro atoms. The molecule has 17 heavy (non-hydrogen) atoms. The summed E-state index contributed by atoms with van der Waals surface area (Å²) in [5.41, 5.74) is 1.04. The Balaban J connectivity index is 2.18. The van der Waals surface area contributed by atoms with Crippen LogP contribution in [-0.4, -0.2) is 23.9 Å². The lowest BCUT2D eigenvalue weighted by atomic mass is 9.99. The van der Waals surface area contributed by atoms with E-state index in [0.717, 1.165) is 31.5 Å². The van der Waals surface area contributed by atoms with Crippen LogP contribution in [0.4, 0.5) is 4.39 Å². The van der Waals surface area contributed by atoms with Crippen molar-refractivity contribution in [1.82, 2.24) is 4.90 Å². The molecule has 1 aromatic rings. The second-order valence-corrected chi connectivity index (χ2v) is 4.98. The summed E-state index contributed by atoms with van der Waals surface area (Å²) >= 11 is 0. The Morgan fingerprint density at radius 1 is 1.47 bits per heavy atom. The van der Waals surface area contributed by atoms with Crippen LogP contribution in [0, 0.1) is 18.7 Å². The van der Waals surface area contributed by atoms with Gasteiger partial charge in [0.05, 0.1) is 5.56 Å². The molecule has 92 valence electrons. The third-order valence-electron chi connectivity index (χ3n) is 3.30. The zero-order valence-electron chi connectivity index (χ0n) is 10.4. The van der Waals surface area contributed by atoms with Crippen molar-refractivity contribution in [3.63, 3.8) is 0 Å². The van der Waals surface area contributed by atoms with Crippen molar-refractivity contribution < 1.29 is 9.18 Å². The molecule has 2 rings (SSSR count). The molecule has 1 aromatic carbocycles. The maximum Gasteiger partial charge on any atom is 0.256 e. The quantitative estimate of drug-likeness (QED) is 0.732. The number of piperidine rings is 1. The molecule has 0 radical (unpaired) electrons. The molecule has 1 amide bonds. The fourth-order valence-corrected chi connectivity index (χ4v) is 2.34. The normalized spacial score (nSPS) is 20.4. The van der Waals surface area contributed by atoms with Crippen LogP contribution in [0.5, 0.6) is 0 Å². The first kappa shape index (κ1) is 12.1. The Labute approximate surface area is 101 Å². The molecule has 1 atom stereocenters. The number of nitrogens with zero attached hydrogens (tertiary/aromatic N) is 1. The average molecular weight is 235 g/mol. The van der Waals surface area contributed by atoms with Gasteiger partial charge in [-0.05, 0) is 43.4 Å². The number of benzene rings is 1. The van der Waals surface area contributed by atoms with Crippen LogP contribution in [0.15, 0.2) is 18.2 Å². The van der Waals surface area contributed by atoms with Crippen molar-refractivity contribution in [3.8, 4) is 0 Å². The number of likely N-dealkylation sites (tertiary alicyclic amines) is 1. The van der Waals surface area contributed by atoms with Gasteiger partial charge in [-0.25, -0.2) is 4.39 Å². The van der Waals surface area contributed by atoms with Crippen molar-refractivity contribution >= 4 is 5.91 Å². The summed E-state index contributed by atoms with van der Waals surface area (Å²) in [4.78, 5) is 13.9. The first-order valence-corrected chi connectivity index (χ1v) is 6.13. The highest BCUT2D eigenvalue weighted by Gasteiger charge is 2.23. The van der Waals surface area contributed by atoms with Crippen LogP contribution in [0.2, 0.25) is 0 Å². The van der Waals surface area contributed by atoms with E-state index < -0.39 is 5.82 Å².